The molecule has 7 heteroatoms. The Balaban J connectivity index is 1.19. The van der Waals surface area contributed by atoms with Crippen LogP contribution in [0, 0.1) is 0 Å². The van der Waals surface area contributed by atoms with E-state index in [1.54, 1.807) is 0 Å². The summed E-state index contributed by atoms with van der Waals surface area (Å²) in [7, 11) is 0. The fourth-order valence-corrected chi connectivity index (χ4v) is 7.96. The second kappa shape index (κ2) is 12.5. The van der Waals surface area contributed by atoms with Gasteiger partial charge in [-0.05, 0) is 88.7 Å². The third-order valence-corrected chi connectivity index (χ3v) is 10.4. The van der Waals surface area contributed by atoms with Gasteiger partial charge in [-0.3, -0.25) is 9.36 Å². The molecule has 0 saturated heterocycles. The maximum Gasteiger partial charge on any atom is 0.271 e. The number of aryl methyl sites for hydroxylation is 1. The smallest absolute Gasteiger partial charge is 0.271 e. The van der Waals surface area contributed by atoms with Gasteiger partial charge in [0.15, 0.2) is 16.3 Å². The van der Waals surface area contributed by atoms with Crippen molar-refractivity contribution in [3.8, 4) is 11.5 Å². The third kappa shape index (κ3) is 5.53. The highest BCUT2D eigenvalue weighted by atomic mass is 79.9. The standard InChI is InChI=1S/C40H31BrN2O3S/c1-2-45-35-22-25(14-21-34(35)46-24-29-11-7-10-26-8-3-5-12-31(26)29)23-36-39(44)43-38(28-15-18-30(41)19-16-28)33-20-17-27-9-4-6-13-32(27)37(33)42-40(43)47-36/h3-16,18-19,21-23,38H,2,17,20,24H2,1H3/b36-23-/t38-/m1/s1. The molecule has 2 heterocycles. The van der Waals surface area contributed by atoms with E-state index in [0.29, 0.717) is 34.0 Å². The second-order valence-electron chi connectivity index (χ2n) is 11.7. The summed E-state index contributed by atoms with van der Waals surface area (Å²) in [4.78, 5) is 20.1. The Morgan fingerprint density at radius 1 is 0.894 bits per heavy atom. The lowest BCUT2D eigenvalue weighted by atomic mass is 9.83. The van der Waals surface area contributed by atoms with Crippen LogP contribution in [0.15, 0.2) is 129 Å². The van der Waals surface area contributed by atoms with Gasteiger partial charge in [0.1, 0.15) is 6.61 Å². The molecule has 0 fully saturated rings. The number of ether oxygens (including phenoxy) is 2. The van der Waals surface area contributed by atoms with Gasteiger partial charge in [0.05, 0.1) is 22.9 Å². The molecule has 0 unspecified atom stereocenters. The van der Waals surface area contributed by atoms with Crippen molar-refractivity contribution in [1.82, 2.24) is 4.57 Å². The van der Waals surface area contributed by atoms with Gasteiger partial charge in [0.2, 0.25) is 0 Å². The van der Waals surface area contributed by atoms with Crippen molar-refractivity contribution in [3.63, 3.8) is 0 Å². The fraction of sp³-hybridized carbons (Fsp3) is 0.150. The van der Waals surface area contributed by atoms with Crippen LogP contribution >= 0.6 is 27.3 Å². The molecule has 0 bridgehead atoms. The van der Waals surface area contributed by atoms with Crippen molar-refractivity contribution in [1.29, 1.82) is 0 Å². The highest BCUT2D eigenvalue weighted by Gasteiger charge is 2.32. The molecule has 0 radical (unpaired) electrons. The highest BCUT2D eigenvalue weighted by molar-refractivity contribution is 9.10. The highest BCUT2D eigenvalue weighted by Crippen LogP contribution is 2.41. The number of nitrogens with zero attached hydrogens (tertiary/aromatic N) is 2. The quantitative estimate of drug-likeness (QED) is 0.169. The number of fused-ring (bicyclic) bond motifs is 4. The predicted octanol–water partition coefficient (Wildman–Crippen LogP) is 8.21. The molecule has 1 atom stereocenters. The summed E-state index contributed by atoms with van der Waals surface area (Å²) >= 11 is 5.01. The average molecular weight is 700 g/mol. The van der Waals surface area contributed by atoms with Crippen LogP contribution in [0.3, 0.4) is 0 Å². The Bertz CT molecular complexity index is 2370. The van der Waals surface area contributed by atoms with Crippen LogP contribution in [0.4, 0.5) is 0 Å². The van der Waals surface area contributed by atoms with Crippen LogP contribution in [0.2, 0.25) is 0 Å². The molecule has 1 aliphatic carbocycles. The minimum Gasteiger partial charge on any atom is -0.490 e. The molecule has 2 aliphatic rings. The first-order chi connectivity index (χ1) is 23.1. The van der Waals surface area contributed by atoms with Gasteiger partial charge in [0.25, 0.3) is 5.56 Å². The maximum absolute atomic E-state index is 14.2. The van der Waals surface area contributed by atoms with Crippen molar-refractivity contribution in [3.05, 3.63) is 167 Å². The molecular formula is C40H31BrN2O3S. The molecule has 0 saturated carbocycles. The van der Waals surface area contributed by atoms with E-state index in [9.17, 15) is 4.79 Å². The number of benzene rings is 5. The number of halogens is 1. The van der Waals surface area contributed by atoms with Gasteiger partial charge < -0.3 is 9.47 Å². The van der Waals surface area contributed by atoms with Crippen molar-refractivity contribution >= 4 is 49.8 Å². The minimum absolute atomic E-state index is 0.0404. The first-order valence-corrected chi connectivity index (χ1v) is 17.4. The molecule has 232 valence electrons. The molecule has 8 rings (SSSR count). The lowest BCUT2D eigenvalue weighted by molar-refractivity contribution is 0.270. The van der Waals surface area contributed by atoms with Gasteiger partial charge in [-0.1, -0.05) is 112 Å². The van der Waals surface area contributed by atoms with Crippen LogP contribution in [-0.2, 0) is 13.0 Å². The summed E-state index contributed by atoms with van der Waals surface area (Å²) in [5, 5.41) is 2.36. The van der Waals surface area contributed by atoms with E-state index in [-0.39, 0.29) is 11.6 Å². The van der Waals surface area contributed by atoms with E-state index in [0.717, 1.165) is 45.3 Å². The van der Waals surface area contributed by atoms with Crippen molar-refractivity contribution in [2.45, 2.75) is 32.4 Å². The number of thiazole rings is 1. The zero-order valence-electron chi connectivity index (χ0n) is 25.8. The second-order valence-corrected chi connectivity index (χ2v) is 13.7. The van der Waals surface area contributed by atoms with Gasteiger partial charge in [-0.25, -0.2) is 4.99 Å². The maximum atomic E-state index is 14.2. The van der Waals surface area contributed by atoms with Gasteiger partial charge in [-0.15, -0.1) is 0 Å². The third-order valence-electron chi connectivity index (χ3n) is 8.89. The van der Waals surface area contributed by atoms with Crippen molar-refractivity contribution in [2.24, 2.45) is 4.99 Å². The van der Waals surface area contributed by atoms with E-state index in [1.165, 1.54) is 33.2 Å². The Morgan fingerprint density at radius 2 is 1.70 bits per heavy atom. The molecule has 1 aromatic heterocycles. The number of rotatable bonds is 7. The summed E-state index contributed by atoms with van der Waals surface area (Å²) in [6, 6.07) is 37.0. The molecule has 47 heavy (non-hydrogen) atoms. The first kappa shape index (κ1) is 29.7. The Kier molecular flexibility index (Phi) is 7.87. The summed E-state index contributed by atoms with van der Waals surface area (Å²) in [5.74, 6) is 1.31. The van der Waals surface area contributed by atoms with Crippen LogP contribution < -0.4 is 24.4 Å². The molecular weight excluding hydrogens is 668 g/mol. The number of aromatic nitrogens is 1. The lowest BCUT2D eigenvalue weighted by Gasteiger charge is -2.30. The molecule has 0 amide bonds. The van der Waals surface area contributed by atoms with E-state index < -0.39 is 0 Å². The molecule has 6 aromatic rings. The van der Waals surface area contributed by atoms with Crippen LogP contribution in [0.5, 0.6) is 11.5 Å². The van der Waals surface area contributed by atoms with Crippen LogP contribution in [-0.4, -0.2) is 11.2 Å². The predicted molar refractivity (Wildman–Crippen MR) is 193 cm³/mol. The summed E-state index contributed by atoms with van der Waals surface area (Å²) in [6.45, 7) is 2.88. The zero-order valence-corrected chi connectivity index (χ0v) is 28.2. The van der Waals surface area contributed by atoms with E-state index >= 15 is 0 Å². The molecule has 5 aromatic carbocycles. The molecule has 1 aliphatic heterocycles. The molecule has 5 nitrogen and oxygen atoms in total. The van der Waals surface area contributed by atoms with E-state index in [1.807, 2.05) is 60.0 Å². The number of hydrogen-bond acceptors (Lipinski definition) is 5. The molecule has 0 spiro atoms. The van der Waals surface area contributed by atoms with E-state index in [2.05, 4.69) is 82.7 Å². The Labute approximate surface area is 284 Å². The summed E-state index contributed by atoms with van der Waals surface area (Å²) in [5.41, 5.74) is 7.67. The van der Waals surface area contributed by atoms with Gasteiger partial charge >= 0.3 is 0 Å². The van der Waals surface area contributed by atoms with Crippen LogP contribution in [0.1, 0.15) is 47.2 Å². The van der Waals surface area contributed by atoms with E-state index in [4.69, 9.17) is 14.5 Å². The summed E-state index contributed by atoms with van der Waals surface area (Å²) < 4.78 is 15.9. The van der Waals surface area contributed by atoms with Crippen molar-refractivity contribution < 1.29 is 9.47 Å². The largest absolute Gasteiger partial charge is 0.490 e. The summed E-state index contributed by atoms with van der Waals surface area (Å²) in [6.07, 6.45) is 3.73. The van der Waals surface area contributed by atoms with Crippen LogP contribution in [0.25, 0.3) is 22.5 Å². The first-order valence-electron chi connectivity index (χ1n) is 15.8. The number of hydrogen-bond donors (Lipinski definition) is 0. The average Bonchev–Trinajstić information content (AvgIpc) is 3.41. The molecule has 0 N–H and O–H groups in total. The number of allylic oxidation sites excluding steroid dienone is 1. The fourth-order valence-electron chi connectivity index (χ4n) is 6.69. The minimum atomic E-state index is -0.214. The topological polar surface area (TPSA) is 52.8 Å². The van der Waals surface area contributed by atoms with Crippen molar-refractivity contribution in [2.75, 3.05) is 6.61 Å². The zero-order chi connectivity index (χ0) is 31.9. The Hall–Kier alpha value is -4.72. The normalized spacial score (nSPS) is 15.5. The lowest BCUT2D eigenvalue weighted by Crippen LogP contribution is -2.38. The SMILES string of the molecule is CCOc1cc(/C=c2\sc3n(c2=O)[C@H](c2ccc(Br)cc2)C2=C(N=3)c3ccccc3CC2)ccc1OCc1cccc2ccccc12. The monoisotopic (exact) mass is 698 g/mol. The van der Waals surface area contributed by atoms with Gasteiger partial charge in [0, 0.05) is 10.0 Å². The van der Waals surface area contributed by atoms with Gasteiger partial charge in [-0.2, -0.15) is 0 Å². The Morgan fingerprint density at radius 3 is 2.57 bits per heavy atom.